The molecule has 2 aromatic heterocycles. The van der Waals surface area contributed by atoms with Crippen LogP contribution >= 0.6 is 11.8 Å². The van der Waals surface area contributed by atoms with E-state index in [-0.39, 0.29) is 5.82 Å². The van der Waals surface area contributed by atoms with Crippen LogP contribution in [-0.4, -0.2) is 20.6 Å². The van der Waals surface area contributed by atoms with Gasteiger partial charge in [-0.05, 0) is 30.9 Å². The second-order valence-electron chi connectivity index (χ2n) is 4.28. The largest absolute Gasteiger partial charge is 0.290 e. The molecule has 0 saturated heterocycles. The van der Waals surface area contributed by atoms with Gasteiger partial charge in [-0.3, -0.25) is 4.40 Å². The van der Waals surface area contributed by atoms with Gasteiger partial charge in [0.1, 0.15) is 5.82 Å². The first kappa shape index (κ1) is 12.2. The van der Waals surface area contributed by atoms with Gasteiger partial charge in [0.15, 0.2) is 0 Å². The van der Waals surface area contributed by atoms with Gasteiger partial charge in [-0.2, -0.15) is 0 Å². The number of halogens is 1. The molecule has 96 valence electrons. The molecule has 0 N–H and O–H groups in total. The zero-order valence-electron chi connectivity index (χ0n) is 10.6. The average Bonchev–Trinajstić information content (AvgIpc) is 2.77. The molecule has 3 nitrogen and oxygen atoms in total. The first-order valence-corrected chi connectivity index (χ1v) is 7.05. The van der Waals surface area contributed by atoms with Crippen molar-refractivity contribution in [3.63, 3.8) is 0 Å². The van der Waals surface area contributed by atoms with Crippen molar-refractivity contribution < 1.29 is 4.39 Å². The number of imidazole rings is 1. The Bertz CT molecular complexity index is 752. The first-order chi connectivity index (χ1) is 9.17. The van der Waals surface area contributed by atoms with Crippen LogP contribution in [0.5, 0.6) is 0 Å². The van der Waals surface area contributed by atoms with Crippen molar-refractivity contribution in [2.24, 2.45) is 0 Å². The molecule has 0 unspecified atom stereocenters. The molecule has 19 heavy (non-hydrogen) atoms. The Morgan fingerprint density at radius 3 is 2.89 bits per heavy atom. The Morgan fingerprint density at radius 2 is 2.11 bits per heavy atom. The number of hydrogen-bond acceptors (Lipinski definition) is 3. The highest BCUT2D eigenvalue weighted by Crippen LogP contribution is 2.30. The Balaban J connectivity index is 2.18. The standard InChI is InChI=1S/C14H12FN3S/c1-9-7-18-8-10(6-16-14(18)17-9)12-4-3-11(15)5-13(12)19-2/h3-8H,1-2H3. The summed E-state index contributed by atoms with van der Waals surface area (Å²) in [6, 6.07) is 4.80. The van der Waals surface area contributed by atoms with E-state index in [0.29, 0.717) is 5.78 Å². The summed E-state index contributed by atoms with van der Waals surface area (Å²) in [7, 11) is 0. The van der Waals surface area contributed by atoms with E-state index >= 15 is 0 Å². The highest BCUT2D eigenvalue weighted by atomic mass is 32.2. The van der Waals surface area contributed by atoms with Gasteiger partial charge in [0.25, 0.3) is 0 Å². The predicted molar refractivity (Wildman–Crippen MR) is 74.9 cm³/mol. The summed E-state index contributed by atoms with van der Waals surface area (Å²) in [4.78, 5) is 9.52. The number of hydrogen-bond donors (Lipinski definition) is 0. The fourth-order valence-corrected chi connectivity index (χ4v) is 2.68. The maximum Gasteiger partial charge on any atom is 0.233 e. The fraction of sp³-hybridized carbons (Fsp3) is 0.143. The summed E-state index contributed by atoms with van der Waals surface area (Å²) in [5.41, 5.74) is 2.86. The minimum absolute atomic E-state index is 0.222. The molecule has 0 radical (unpaired) electrons. The molecule has 0 atom stereocenters. The summed E-state index contributed by atoms with van der Waals surface area (Å²) < 4.78 is 15.1. The van der Waals surface area contributed by atoms with E-state index in [1.807, 2.05) is 30.0 Å². The second kappa shape index (κ2) is 4.66. The zero-order chi connectivity index (χ0) is 13.4. The van der Waals surface area contributed by atoms with Gasteiger partial charge in [-0.1, -0.05) is 6.07 Å². The minimum atomic E-state index is -0.222. The van der Waals surface area contributed by atoms with Crippen LogP contribution in [0.25, 0.3) is 16.9 Å². The van der Waals surface area contributed by atoms with Crippen molar-refractivity contribution in [2.75, 3.05) is 6.26 Å². The lowest BCUT2D eigenvalue weighted by molar-refractivity contribution is 0.624. The third kappa shape index (κ3) is 2.21. The molecule has 0 fully saturated rings. The highest BCUT2D eigenvalue weighted by molar-refractivity contribution is 7.98. The maximum atomic E-state index is 13.3. The highest BCUT2D eigenvalue weighted by Gasteiger charge is 2.08. The SMILES string of the molecule is CSc1cc(F)ccc1-c1cnc2nc(C)cn2c1. The molecule has 0 aliphatic carbocycles. The van der Waals surface area contributed by atoms with Crippen LogP contribution in [0.3, 0.4) is 0 Å². The quantitative estimate of drug-likeness (QED) is 0.669. The number of aryl methyl sites for hydroxylation is 1. The van der Waals surface area contributed by atoms with Gasteiger partial charge >= 0.3 is 0 Å². The Hall–Kier alpha value is -1.88. The van der Waals surface area contributed by atoms with E-state index < -0.39 is 0 Å². The summed E-state index contributed by atoms with van der Waals surface area (Å²) in [6.45, 7) is 1.93. The van der Waals surface area contributed by atoms with E-state index in [1.165, 1.54) is 17.8 Å². The molecule has 0 aliphatic rings. The molecular formula is C14H12FN3S. The lowest BCUT2D eigenvalue weighted by Gasteiger charge is -2.07. The van der Waals surface area contributed by atoms with Crippen LogP contribution in [0.2, 0.25) is 0 Å². The topological polar surface area (TPSA) is 30.2 Å². The van der Waals surface area contributed by atoms with Gasteiger partial charge in [0.05, 0.1) is 5.69 Å². The number of fused-ring (bicyclic) bond motifs is 1. The number of nitrogens with zero attached hydrogens (tertiary/aromatic N) is 3. The first-order valence-electron chi connectivity index (χ1n) is 5.82. The normalized spacial score (nSPS) is 11.1. The van der Waals surface area contributed by atoms with Gasteiger partial charge in [-0.15, -0.1) is 11.8 Å². The lowest BCUT2D eigenvalue weighted by Crippen LogP contribution is -1.91. The van der Waals surface area contributed by atoms with Crippen LogP contribution in [0, 0.1) is 12.7 Å². The van der Waals surface area contributed by atoms with E-state index in [4.69, 9.17) is 0 Å². The molecule has 3 rings (SSSR count). The number of benzene rings is 1. The molecule has 0 bridgehead atoms. The lowest BCUT2D eigenvalue weighted by atomic mass is 10.1. The predicted octanol–water partition coefficient (Wildman–Crippen LogP) is 3.57. The number of rotatable bonds is 2. The van der Waals surface area contributed by atoms with Crippen molar-refractivity contribution in [2.45, 2.75) is 11.8 Å². The zero-order valence-corrected chi connectivity index (χ0v) is 11.4. The molecule has 5 heteroatoms. The van der Waals surface area contributed by atoms with Crippen LogP contribution in [0.4, 0.5) is 4.39 Å². The van der Waals surface area contributed by atoms with Crippen molar-refractivity contribution in [1.29, 1.82) is 0 Å². The third-order valence-corrected chi connectivity index (χ3v) is 3.68. The van der Waals surface area contributed by atoms with Crippen molar-refractivity contribution >= 4 is 17.5 Å². The van der Waals surface area contributed by atoms with Gasteiger partial charge < -0.3 is 0 Å². The molecule has 2 heterocycles. The second-order valence-corrected chi connectivity index (χ2v) is 5.12. The van der Waals surface area contributed by atoms with Crippen LogP contribution in [0.15, 0.2) is 41.7 Å². The molecular weight excluding hydrogens is 261 g/mol. The Morgan fingerprint density at radius 1 is 1.26 bits per heavy atom. The number of aromatic nitrogens is 3. The van der Waals surface area contributed by atoms with Crippen LogP contribution < -0.4 is 0 Å². The minimum Gasteiger partial charge on any atom is -0.290 e. The Labute approximate surface area is 114 Å². The van der Waals surface area contributed by atoms with Crippen molar-refractivity contribution in [3.05, 3.63) is 48.3 Å². The molecule has 0 aliphatic heterocycles. The van der Waals surface area contributed by atoms with Gasteiger partial charge in [-0.25, -0.2) is 14.4 Å². The Kier molecular flexibility index (Phi) is 2.98. The maximum absolute atomic E-state index is 13.3. The molecule has 0 saturated carbocycles. The van der Waals surface area contributed by atoms with E-state index in [0.717, 1.165) is 21.7 Å². The number of thioether (sulfide) groups is 1. The van der Waals surface area contributed by atoms with Gasteiger partial charge in [0.2, 0.25) is 5.78 Å². The summed E-state index contributed by atoms with van der Waals surface area (Å²) in [5, 5.41) is 0. The van der Waals surface area contributed by atoms with Crippen molar-refractivity contribution in [1.82, 2.24) is 14.4 Å². The van der Waals surface area contributed by atoms with E-state index in [2.05, 4.69) is 9.97 Å². The summed E-state index contributed by atoms with van der Waals surface area (Å²) in [6.07, 6.45) is 7.60. The molecule has 0 spiro atoms. The summed E-state index contributed by atoms with van der Waals surface area (Å²) in [5.74, 6) is 0.453. The van der Waals surface area contributed by atoms with Crippen LogP contribution in [0.1, 0.15) is 5.69 Å². The average molecular weight is 273 g/mol. The molecule has 0 amide bonds. The van der Waals surface area contributed by atoms with E-state index in [1.54, 1.807) is 18.3 Å². The molecule has 3 aromatic rings. The van der Waals surface area contributed by atoms with Crippen molar-refractivity contribution in [3.8, 4) is 11.1 Å². The monoisotopic (exact) mass is 273 g/mol. The van der Waals surface area contributed by atoms with Crippen LogP contribution in [-0.2, 0) is 0 Å². The third-order valence-electron chi connectivity index (χ3n) is 2.91. The van der Waals surface area contributed by atoms with E-state index in [9.17, 15) is 4.39 Å². The fourth-order valence-electron chi connectivity index (χ4n) is 2.05. The molecule has 1 aromatic carbocycles. The smallest absolute Gasteiger partial charge is 0.233 e. The van der Waals surface area contributed by atoms with Gasteiger partial charge in [0, 0.05) is 29.0 Å². The summed E-state index contributed by atoms with van der Waals surface area (Å²) >= 11 is 1.52.